The van der Waals surface area contributed by atoms with E-state index in [9.17, 15) is 0 Å². The summed E-state index contributed by atoms with van der Waals surface area (Å²) in [5.41, 5.74) is 0. The summed E-state index contributed by atoms with van der Waals surface area (Å²) in [6.45, 7) is 17.4. The Kier molecular flexibility index (Phi) is 6.45. The highest BCUT2D eigenvalue weighted by molar-refractivity contribution is 4.84. The average Bonchev–Trinajstić information content (AvgIpc) is 2.74. The zero-order valence-electron chi connectivity index (χ0n) is 12.4. The van der Waals surface area contributed by atoms with Gasteiger partial charge in [-0.05, 0) is 46.8 Å². The number of hydrogen-bond donors (Lipinski definition) is 1. The number of rotatable bonds is 7. The van der Waals surface area contributed by atoms with Crippen LogP contribution in [-0.4, -0.2) is 60.6 Å². The average molecular weight is 241 g/mol. The fourth-order valence-electron chi connectivity index (χ4n) is 2.72. The van der Waals surface area contributed by atoms with Crippen LogP contribution >= 0.6 is 0 Å². The molecule has 2 atom stereocenters. The Morgan fingerprint density at radius 3 is 2.35 bits per heavy atom. The Bertz CT molecular complexity index is 202. The van der Waals surface area contributed by atoms with Crippen molar-refractivity contribution in [3.8, 4) is 0 Å². The van der Waals surface area contributed by atoms with Crippen LogP contribution in [0.1, 0.15) is 41.0 Å². The maximum atomic E-state index is 3.78. The lowest BCUT2D eigenvalue weighted by Crippen LogP contribution is -2.45. The molecule has 3 nitrogen and oxygen atoms in total. The van der Waals surface area contributed by atoms with Crippen LogP contribution in [0.2, 0.25) is 0 Å². The van der Waals surface area contributed by atoms with E-state index in [1.165, 1.54) is 26.1 Å². The van der Waals surface area contributed by atoms with Crippen molar-refractivity contribution in [3.05, 3.63) is 0 Å². The van der Waals surface area contributed by atoms with E-state index >= 15 is 0 Å². The van der Waals surface area contributed by atoms with Crippen LogP contribution in [0.4, 0.5) is 0 Å². The summed E-state index contributed by atoms with van der Waals surface area (Å²) in [5, 5.41) is 3.78. The molecule has 1 saturated heterocycles. The van der Waals surface area contributed by atoms with Gasteiger partial charge in [0.1, 0.15) is 0 Å². The Morgan fingerprint density at radius 1 is 1.24 bits per heavy atom. The fraction of sp³-hybridized carbons (Fsp3) is 1.00. The lowest BCUT2D eigenvalue weighted by atomic mass is 10.2. The lowest BCUT2D eigenvalue weighted by molar-refractivity contribution is 0.246. The van der Waals surface area contributed by atoms with Crippen LogP contribution < -0.4 is 5.32 Å². The monoisotopic (exact) mass is 241 g/mol. The van der Waals surface area contributed by atoms with Gasteiger partial charge in [-0.1, -0.05) is 13.8 Å². The first kappa shape index (κ1) is 14.9. The van der Waals surface area contributed by atoms with Crippen LogP contribution in [0.25, 0.3) is 0 Å². The van der Waals surface area contributed by atoms with Gasteiger partial charge in [0.25, 0.3) is 0 Å². The standard InChI is InChI=1S/C14H31N3/c1-6-16(7-2)10-13(5)15-14-8-9-17(11-14)12(3)4/h12-15H,6-11H2,1-5H3. The highest BCUT2D eigenvalue weighted by atomic mass is 15.2. The number of nitrogens with one attached hydrogen (secondary N) is 1. The van der Waals surface area contributed by atoms with Gasteiger partial charge in [0.2, 0.25) is 0 Å². The molecule has 0 bridgehead atoms. The first-order chi connectivity index (χ1) is 8.06. The molecule has 1 aliphatic heterocycles. The molecule has 102 valence electrons. The molecule has 0 aliphatic carbocycles. The molecule has 0 spiro atoms. The molecule has 0 amide bonds. The van der Waals surface area contributed by atoms with E-state index in [-0.39, 0.29) is 0 Å². The topological polar surface area (TPSA) is 18.5 Å². The van der Waals surface area contributed by atoms with Crippen LogP contribution in [-0.2, 0) is 0 Å². The van der Waals surface area contributed by atoms with Crippen molar-refractivity contribution < 1.29 is 0 Å². The van der Waals surface area contributed by atoms with Gasteiger partial charge in [-0.3, -0.25) is 4.90 Å². The third kappa shape index (κ3) is 4.94. The summed E-state index contributed by atoms with van der Waals surface area (Å²) in [5.74, 6) is 0. The predicted octanol–water partition coefficient (Wildman–Crippen LogP) is 1.79. The zero-order valence-corrected chi connectivity index (χ0v) is 12.4. The Hall–Kier alpha value is -0.120. The van der Waals surface area contributed by atoms with E-state index in [0.29, 0.717) is 18.1 Å². The van der Waals surface area contributed by atoms with Crippen molar-refractivity contribution >= 4 is 0 Å². The molecule has 2 unspecified atom stereocenters. The van der Waals surface area contributed by atoms with Crippen LogP contribution in [0.3, 0.4) is 0 Å². The summed E-state index contributed by atoms with van der Waals surface area (Å²) in [4.78, 5) is 5.06. The highest BCUT2D eigenvalue weighted by Gasteiger charge is 2.25. The maximum Gasteiger partial charge on any atom is 0.0210 e. The fourth-order valence-corrected chi connectivity index (χ4v) is 2.72. The van der Waals surface area contributed by atoms with Gasteiger partial charge in [0.05, 0.1) is 0 Å². The minimum absolute atomic E-state index is 0.604. The van der Waals surface area contributed by atoms with E-state index in [0.717, 1.165) is 13.1 Å². The largest absolute Gasteiger partial charge is 0.309 e. The predicted molar refractivity (Wildman–Crippen MR) is 75.5 cm³/mol. The molecule has 1 rings (SSSR count). The van der Waals surface area contributed by atoms with Gasteiger partial charge in [0, 0.05) is 31.2 Å². The molecule has 17 heavy (non-hydrogen) atoms. The van der Waals surface area contributed by atoms with E-state index in [1.54, 1.807) is 0 Å². The molecular formula is C14H31N3. The van der Waals surface area contributed by atoms with Crippen molar-refractivity contribution in [1.29, 1.82) is 0 Å². The molecule has 0 aromatic rings. The Labute approximate surface area is 108 Å². The van der Waals surface area contributed by atoms with E-state index < -0.39 is 0 Å². The Morgan fingerprint density at radius 2 is 1.88 bits per heavy atom. The first-order valence-corrected chi connectivity index (χ1v) is 7.29. The first-order valence-electron chi connectivity index (χ1n) is 7.29. The Balaban J connectivity index is 2.25. The second-order valence-corrected chi connectivity index (χ2v) is 5.63. The van der Waals surface area contributed by atoms with Crippen molar-refractivity contribution in [2.75, 3.05) is 32.7 Å². The molecule has 0 radical (unpaired) electrons. The number of nitrogens with zero attached hydrogens (tertiary/aromatic N) is 2. The molecule has 0 aromatic carbocycles. The van der Waals surface area contributed by atoms with Crippen molar-refractivity contribution in [2.24, 2.45) is 0 Å². The molecule has 0 aromatic heterocycles. The molecule has 1 aliphatic rings. The summed E-state index contributed by atoms with van der Waals surface area (Å²) in [6.07, 6.45) is 1.31. The molecule has 1 N–H and O–H groups in total. The van der Waals surface area contributed by atoms with Crippen LogP contribution in [0.15, 0.2) is 0 Å². The third-order valence-corrected chi connectivity index (χ3v) is 3.90. The van der Waals surface area contributed by atoms with Crippen molar-refractivity contribution in [2.45, 2.75) is 59.2 Å². The lowest BCUT2D eigenvalue weighted by Gasteiger charge is -2.26. The van der Waals surface area contributed by atoms with E-state index in [4.69, 9.17) is 0 Å². The molecule has 3 heteroatoms. The van der Waals surface area contributed by atoms with E-state index in [1.807, 2.05) is 0 Å². The van der Waals surface area contributed by atoms with Gasteiger partial charge >= 0.3 is 0 Å². The van der Waals surface area contributed by atoms with Crippen molar-refractivity contribution in [3.63, 3.8) is 0 Å². The zero-order chi connectivity index (χ0) is 12.8. The minimum Gasteiger partial charge on any atom is -0.309 e. The SMILES string of the molecule is CCN(CC)CC(C)NC1CCN(C(C)C)C1. The molecule has 0 saturated carbocycles. The number of likely N-dealkylation sites (N-methyl/N-ethyl adjacent to an activating group) is 1. The van der Waals surface area contributed by atoms with Crippen molar-refractivity contribution in [1.82, 2.24) is 15.1 Å². The summed E-state index contributed by atoms with van der Waals surface area (Å²) < 4.78 is 0. The second kappa shape index (κ2) is 7.34. The van der Waals surface area contributed by atoms with E-state index in [2.05, 4.69) is 49.7 Å². The summed E-state index contributed by atoms with van der Waals surface area (Å²) in [6, 6.07) is 2.00. The normalized spacial score (nSPS) is 23.8. The maximum absolute atomic E-state index is 3.78. The molecular weight excluding hydrogens is 210 g/mol. The van der Waals surface area contributed by atoms with Crippen LogP contribution in [0.5, 0.6) is 0 Å². The number of likely N-dealkylation sites (tertiary alicyclic amines) is 1. The third-order valence-electron chi connectivity index (χ3n) is 3.90. The molecule has 1 heterocycles. The minimum atomic E-state index is 0.604. The summed E-state index contributed by atoms with van der Waals surface area (Å²) in [7, 11) is 0. The van der Waals surface area contributed by atoms with Gasteiger partial charge in [-0.15, -0.1) is 0 Å². The van der Waals surface area contributed by atoms with Gasteiger partial charge in [-0.25, -0.2) is 0 Å². The smallest absolute Gasteiger partial charge is 0.0210 e. The van der Waals surface area contributed by atoms with Crippen LogP contribution in [0, 0.1) is 0 Å². The highest BCUT2D eigenvalue weighted by Crippen LogP contribution is 2.12. The number of hydrogen-bond acceptors (Lipinski definition) is 3. The second-order valence-electron chi connectivity index (χ2n) is 5.63. The van der Waals surface area contributed by atoms with Gasteiger partial charge in [0.15, 0.2) is 0 Å². The molecule has 1 fully saturated rings. The van der Waals surface area contributed by atoms with Gasteiger partial charge in [-0.2, -0.15) is 0 Å². The van der Waals surface area contributed by atoms with Gasteiger partial charge < -0.3 is 10.2 Å². The summed E-state index contributed by atoms with van der Waals surface area (Å²) >= 11 is 0. The quantitative estimate of drug-likeness (QED) is 0.733.